The van der Waals surface area contributed by atoms with E-state index in [1.54, 1.807) is 6.26 Å². The van der Waals surface area contributed by atoms with E-state index < -0.39 is 0 Å². The molecule has 5 nitrogen and oxygen atoms in total. The van der Waals surface area contributed by atoms with Crippen molar-refractivity contribution < 1.29 is 9.15 Å². The SMILES string of the molecule is CCNC(=NCc1cccc(COCc2ccccc2)c1)NCc1ccco1. The van der Waals surface area contributed by atoms with Gasteiger partial charge in [0, 0.05) is 6.54 Å². The number of guanidine groups is 1. The number of nitrogens with one attached hydrogen (secondary N) is 2. The predicted molar refractivity (Wildman–Crippen MR) is 112 cm³/mol. The summed E-state index contributed by atoms with van der Waals surface area (Å²) in [4.78, 5) is 4.66. The fraction of sp³-hybridized carbons (Fsp3) is 0.261. The van der Waals surface area contributed by atoms with Crippen LogP contribution in [0.1, 0.15) is 29.4 Å². The molecule has 0 saturated carbocycles. The van der Waals surface area contributed by atoms with Crippen molar-refractivity contribution in [2.24, 2.45) is 4.99 Å². The minimum atomic E-state index is 0.587. The van der Waals surface area contributed by atoms with E-state index in [-0.39, 0.29) is 0 Å². The average molecular weight is 377 g/mol. The topological polar surface area (TPSA) is 58.8 Å². The highest BCUT2D eigenvalue weighted by atomic mass is 16.5. The number of furan rings is 1. The van der Waals surface area contributed by atoms with Crippen LogP contribution in [-0.4, -0.2) is 12.5 Å². The van der Waals surface area contributed by atoms with Crippen molar-refractivity contribution in [1.29, 1.82) is 0 Å². The smallest absolute Gasteiger partial charge is 0.191 e. The molecule has 0 aliphatic heterocycles. The third-order valence-corrected chi connectivity index (χ3v) is 4.15. The van der Waals surface area contributed by atoms with Gasteiger partial charge in [-0.3, -0.25) is 0 Å². The Morgan fingerprint density at radius 3 is 2.46 bits per heavy atom. The lowest BCUT2D eigenvalue weighted by molar-refractivity contribution is 0.107. The maximum absolute atomic E-state index is 5.83. The third kappa shape index (κ3) is 6.59. The van der Waals surface area contributed by atoms with E-state index in [0.717, 1.165) is 29.4 Å². The largest absolute Gasteiger partial charge is 0.467 e. The van der Waals surface area contributed by atoms with E-state index >= 15 is 0 Å². The predicted octanol–water partition coefficient (Wildman–Crippen LogP) is 4.25. The molecule has 0 radical (unpaired) electrons. The molecular weight excluding hydrogens is 350 g/mol. The van der Waals surface area contributed by atoms with Gasteiger partial charge in [-0.05, 0) is 35.7 Å². The highest BCUT2D eigenvalue weighted by Gasteiger charge is 2.01. The molecule has 0 bridgehead atoms. The van der Waals surface area contributed by atoms with Gasteiger partial charge in [0.1, 0.15) is 5.76 Å². The molecule has 3 rings (SSSR count). The average Bonchev–Trinajstić information content (AvgIpc) is 3.25. The standard InChI is InChI=1S/C23H27N3O2/c1-2-24-23(26-16-22-12-7-13-28-22)25-15-20-10-6-11-21(14-20)18-27-17-19-8-4-3-5-9-19/h3-14H,2,15-18H2,1H3,(H2,24,25,26). The zero-order valence-electron chi connectivity index (χ0n) is 16.2. The Hall–Kier alpha value is -3.05. The van der Waals surface area contributed by atoms with E-state index in [4.69, 9.17) is 9.15 Å². The fourth-order valence-electron chi connectivity index (χ4n) is 2.77. The van der Waals surface area contributed by atoms with Crippen molar-refractivity contribution in [1.82, 2.24) is 10.6 Å². The molecule has 146 valence electrons. The first-order valence-corrected chi connectivity index (χ1v) is 9.57. The minimum Gasteiger partial charge on any atom is -0.467 e. The van der Waals surface area contributed by atoms with Crippen LogP contribution in [0.25, 0.3) is 0 Å². The van der Waals surface area contributed by atoms with Gasteiger partial charge in [0.25, 0.3) is 0 Å². The molecule has 1 heterocycles. The molecule has 28 heavy (non-hydrogen) atoms. The first-order chi connectivity index (χ1) is 13.8. The molecule has 0 unspecified atom stereocenters. The van der Waals surface area contributed by atoms with Crippen LogP contribution >= 0.6 is 0 Å². The molecule has 0 fully saturated rings. The van der Waals surface area contributed by atoms with Crippen LogP contribution in [0.3, 0.4) is 0 Å². The van der Waals surface area contributed by atoms with Gasteiger partial charge in [-0.2, -0.15) is 0 Å². The van der Waals surface area contributed by atoms with Crippen molar-refractivity contribution in [3.05, 3.63) is 95.4 Å². The number of rotatable bonds is 9. The molecule has 5 heteroatoms. The number of nitrogens with zero attached hydrogens (tertiary/aromatic N) is 1. The van der Waals surface area contributed by atoms with Crippen molar-refractivity contribution in [3.63, 3.8) is 0 Å². The molecule has 0 spiro atoms. The van der Waals surface area contributed by atoms with Crippen LogP contribution in [0.2, 0.25) is 0 Å². The Balaban J connectivity index is 1.52. The summed E-state index contributed by atoms with van der Waals surface area (Å²) < 4.78 is 11.2. The van der Waals surface area contributed by atoms with Gasteiger partial charge in [0.15, 0.2) is 5.96 Å². The summed E-state index contributed by atoms with van der Waals surface area (Å²) in [6.45, 7) is 5.26. The van der Waals surface area contributed by atoms with Crippen LogP contribution in [0.5, 0.6) is 0 Å². The van der Waals surface area contributed by atoms with Crippen LogP contribution < -0.4 is 10.6 Å². The molecule has 0 amide bonds. The Labute approximate surface area is 166 Å². The summed E-state index contributed by atoms with van der Waals surface area (Å²) in [5.41, 5.74) is 3.48. The van der Waals surface area contributed by atoms with Gasteiger partial charge < -0.3 is 19.8 Å². The molecular formula is C23H27N3O2. The van der Waals surface area contributed by atoms with Crippen LogP contribution in [0.15, 0.2) is 82.4 Å². The quantitative estimate of drug-likeness (QED) is 0.432. The Morgan fingerprint density at radius 1 is 0.893 bits per heavy atom. The maximum Gasteiger partial charge on any atom is 0.191 e. The van der Waals surface area contributed by atoms with Crippen molar-refractivity contribution in [2.75, 3.05) is 6.54 Å². The van der Waals surface area contributed by atoms with Gasteiger partial charge in [-0.1, -0.05) is 54.6 Å². The first-order valence-electron chi connectivity index (χ1n) is 9.57. The fourth-order valence-corrected chi connectivity index (χ4v) is 2.77. The Bertz CT molecular complexity index is 845. The lowest BCUT2D eigenvalue weighted by Gasteiger charge is -2.10. The van der Waals surface area contributed by atoms with Crippen molar-refractivity contribution in [2.45, 2.75) is 33.2 Å². The molecule has 2 N–H and O–H groups in total. The van der Waals surface area contributed by atoms with E-state index in [2.05, 4.69) is 58.9 Å². The summed E-state index contributed by atoms with van der Waals surface area (Å²) in [5, 5.41) is 6.54. The molecule has 1 aromatic heterocycles. The number of ether oxygens (including phenoxy) is 1. The molecule has 0 aliphatic rings. The molecule has 0 atom stereocenters. The number of aliphatic imine (C=N–C) groups is 1. The summed E-state index contributed by atoms with van der Waals surface area (Å²) >= 11 is 0. The third-order valence-electron chi connectivity index (χ3n) is 4.15. The lowest BCUT2D eigenvalue weighted by atomic mass is 10.1. The minimum absolute atomic E-state index is 0.587. The highest BCUT2D eigenvalue weighted by Crippen LogP contribution is 2.10. The lowest BCUT2D eigenvalue weighted by Crippen LogP contribution is -2.36. The number of benzene rings is 2. The van der Waals surface area contributed by atoms with Gasteiger partial charge in [0.2, 0.25) is 0 Å². The van der Waals surface area contributed by atoms with Crippen molar-refractivity contribution in [3.8, 4) is 0 Å². The first kappa shape index (κ1) is 19.7. The molecule has 3 aromatic rings. The van der Waals surface area contributed by atoms with Crippen molar-refractivity contribution >= 4 is 5.96 Å². The van der Waals surface area contributed by atoms with Gasteiger partial charge in [-0.25, -0.2) is 4.99 Å². The zero-order valence-corrected chi connectivity index (χ0v) is 16.2. The maximum atomic E-state index is 5.83. The second-order valence-electron chi connectivity index (χ2n) is 6.43. The normalized spacial score (nSPS) is 11.4. The van der Waals surface area contributed by atoms with Gasteiger partial charge in [-0.15, -0.1) is 0 Å². The highest BCUT2D eigenvalue weighted by molar-refractivity contribution is 5.79. The Kier molecular flexibility index (Phi) is 7.70. The van der Waals surface area contributed by atoms with Crippen LogP contribution in [0, 0.1) is 0 Å². The number of hydrogen-bond acceptors (Lipinski definition) is 3. The second-order valence-corrected chi connectivity index (χ2v) is 6.43. The summed E-state index contributed by atoms with van der Waals surface area (Å²) in [5.74, 6) is 1.65. The second kappa shape index (κ2) is 10.9. The van der Waals surface area contributed by atoms with Gasteiger partial charge in [0.05, 0.1) is 32.6 Å². The van der Waals surface area contributed by atoms with Gasteiger partial charge >= 0.3 is 0 Å². The van der Waals surface area contributed by atoms with E-state index in [0.29, 0.717) is 26.3 Å². The van der Waals surface area contributed by atoms with Crippen LogP contribution in [0.4, 0.5) is 0 Å². The summed E-state index contributed by atoms with van der Waals surface area (Å²) in [6.07, 6.45) is 1.67. The zero-order chi connectivity index (χ0) is 19.4. The Morgan fingerprint density at radius 2 is 1.68 bits per heavy atom. The van der Waals surface area contributed by atoms with Crippen LogP contribution in [-0.2, 0) is 31.0 Å². The molecule has 2 aromatic carbocycles. The molecule has 0 saturated heterocycles. The summed E-state index contributed by atoms with van der Waals surface area (Å²) in [7, 11) is 0. The van der Waals surface area contributed by atoms with E-state index in [1.165, 1.54) is 5.56 Å². The van der Waals surface area contributed by atoms with E-state index in [9.17, 15) is 0 Å². The molecule has 0 aliphatic carbocycles. The monoisotopic (exact) mass is 377 g/mol. The number of hydrogen-bond donors (Lipinski definition) is 2. The summed E-state index contributed by atoms with van der Waals surface area (Å²) in [6, 6.07) is 22.4. The van der Waals surface area contributed by atoms with E-state index in [1.807, 2.05) is 30.3 Å².